The average Bonchev–Trinajstić information content (AvgIpc) is 2.46. The van der Waals surface area contributed by atoms with E-state index in [1.165, 1.54) is 19.3 Å². The lowest BCUT2D eigenvalue weighted by molar-refractivity contribution is -0.134. The fourth-order valence-electron chi connectivity index (χ4n) is 2.93. The molecule has 0 aromatic heterocycles. The van der Waals surface area contributed by atoms with Gasteiger partial charge in [-0.3, -0.25) is 4.79 Å². The van der Waals surface area contributed by atoms with E-state index in [4.69, 9.17) is 4.74 Å². The Labute approximate surface area is 121 Å². The lowest BCUT2D eigenvalue weighted by Crippen LogP contribution is -2.40. The van der Waals surface area contributed by atoms with Gasteiger partial charge in [-0.15, -0.1) is 0 Å². The van der Waals surface area contributed by atoms with Gasteiger partial charge in [0.05, 0.1) is 0 Å². The number of likely N-dealkylation sites (N-methyl/N-ethyl adjacent to an activating group) is 1. The van der Waals surface area contributed by atoms with Crippen molar-refractivity contribution in [3.05, 3.63) is 29.3 Å². The van der Waals surface area contributed by atoms with E-state index in [0.717, 1.165) is 29.7 Å². The number of ether oxygens (including phenoxy) is 1. The van der Waals surface area contributed by atoms with Gasteiger partial charge in [-0.1, -0.05) is 37.5 Å². The maximum Gasteiger partial charge on any atom is 0.260 e. The molecule has 0 bridgehead atoms. The van der Waals surface area contributed by atoms with Crippen LogP contribution < -0.4 is 4.74 Å². The van der Waals surface area contributed by atoms with Crippen LogP contribution in [0.5, 0.6) is 5.75 Å². The SMILES string of the molecule is Cc1cccc(C)c1OCC(=O)N(C)C1CCCCC1. The number of carbonyl (C=O) groups excluding carboxylic acids is 1. The van der Waals surface area contributed by atoms with Crippen LogP contribution in [0.1, 0.15) is 43.2 Å². The third-order valence-corrected chi connectivity index (χ3v) is 4.26. The maximum atomic E-state index is 12.2. The predicted molar refractivity (Wildman–Crippen MR) is 81.1 cm³/mol. The molecule has 0 spiro atoms. The van der Waals surface area contributed by atoms with Gasteiger partial charge >= 0.3 is 0 Å². The first-order chi connectivity index (χ1) is 9.59. The molecule has 0 N–H and O–H groups in total. The summed E-state index contributed by atoms with van der Waals surface area (Å²) in [4.78, 5) is 14.1. The summed E-state index contributed by atoms with van der Waals surface area (Å²) in [5.74, 6) is 0.928. The standard InChI is InChI=1S/C17H25NO2/c1-13-8-7-9-14(2)17(13)20-12-16(19)18(3)15-10-5-4-6-11-15/h7-9,15H,4-6,10-12H2,1-3H3. The predicted octanol–water partition coefficient (Wildman–Crippen LogP) is 3.47. The first-order valence-electron chi connectivity index (χ1n) is 7.54. The van der Waals surface area contributed by atoms with Crippen LogP contribution in [0.15, 0.2) is 18.2 Å². The monoisotopic (exact) mass is 275 g/mol. The Hall–Kier alpha value is -1.51. The molecule has 0 radical (unpaired) electrons. The van der Waals surface area contributed by atoms with Crippen molar-refractivity contribution in [1.82, 2.24) is 4.90 Å². The third kappa shape index (κ3) is 3.53. The Morgan fingerprint density at radius 2 is 1.80 bits per heavy atom. The third-order valence-electron chi connectivity index (χ3n) is 4.26. The molecule has 1 aliphatic rings. The Bertz CT molecular complexity index is 444. The van der Waals surface area contributed by atoms with Crippen molar-refractivity contribution in [2.45, 2.75) is 52.0 Å². The second kappa shape index (κ2) is 6.78. The molecular weight excluding hydrogens is 250 g/mol. The number of rotatable bonds is 4. The van der Waals surface area contributed by atoms with Crippen molar-refractivity contribution in [1.29, 1.82) is 0 Å². The van der Waals surface area contributed by atoms with Gasteiger partial charge < -0.3 is 9.64 Å². The zero-order valence-electron chi connectivity index (χ0n) is 12.8. The van der Waals surface area contributed by atoms with Gasteiger partial charge in [-0.2, -0.15) is 0 Å². The fraction of sp³-hybridized carbons (Fsp3) is 0.588. The highest BCUT2D eigenvalue weighted by molar-refractivity contribution is 5.78. The Morgan fingerprint density at radius 3 is 2.40 bits per heavy atom. The minimum atomic E-state index is 0.0829. The van der Waals surface area contributed by atoms with Crippen molar-refractivity contribution in [2.75, 3.05) is 13.7 Å². The zero-order chi connectivity index (χ0) is 14.5. The van der Waals surface area contributed by atoms with E-state index in [9.17, 15) is 4.79 Å². The molecule has 1 aromatic rings. The smallest absolute Gasteiger partial charge is 0.260 e. The number of aryl methyl sites for hydroxylation is 2. The molecule has 3 nitrogen and oxygen atoms in total. The highest BCUT2D eigenvalue weighted by Gasteiger charge is 2.22. The summed E-state index contributed by atoms with van der Waals surface area (Å²) >= 11 is 0. The molecule has 0 unspecified atom stereocenters. The Kier molecular flexibility index (Phi) is 5.05. The summed E-state index contributed by atoms with van der Waals surface area (Å²) in [7, 11) is 1.91. The van der Waals surface area contributed by atoms with E-state index in [-0.39, 0.29) is 12.5 Å². The van der Waals surface area contributed by atoms with Crippen molar-refractivity contribution in [3.63, 3.8) is 0 Å². The molecule has 3 heteroatoms. The fourth-order valence-corrected chi connectivity index (χ4v) is 2.93. The van der Waals surface area contributed by atoms with Gasteiger partial charge in [0.15, 0.2) is 6.61 Å². The molecule has 1 fully saturated rings. The molecule has 1 saturated carbocycles. The topological polar surface area (TPSA) is 29.5 Å². The molecule has 110 valence electrons. The highest BCUT2D eigenvalue weighted by Crippen LogP contribution is 2.24. The molecule has 0 heterocycles. The van der Waals surface area contributed by atoms with Crippen molar-refractivity contribution < 1.29 is 9.53 Å². The van der Waals surface area contributed by atoms with E-state index >= 15 is 0 Å². The molecule has 1 aliphatic carbocycles. The van der Waals surface area contributed by atoms with Gasteiger partial charge in [0.1, 0.15) is 5.75 Å². The van der Waals surface area contributed by atoms with E-state index in [1.807, 2.05) is 44.0 Å². The molecule has 20 heavy (non-hydrogen) atoms. The summed E-state index contributed by atoms with van der Waals surface area (Å²) in [6.07, 6.45) is 6.04. The molecule has 1 aromatic carbocycles. The molecular formula is C17H25NO2. The van der Waals surface area contributed by atoms with Crippen LogP contribution in [-0.4, -0.2) is 30.5 Å². The normalized spacial score (nSPS) is 15.9. The number of benzene rings is 1. The first kappa shape index (κ1) is 14.9. The minimum Gasteiger partial charge on any atom is -0.483 e. The lowest BCUT2D eigenvalue weighted by Gasteiger charge is -2.31. The summed E-state index contributed by atoms with van der Waals surface area (Å²) in [6, 6.07) is 6.43. The average molecular weight is 275 g/mol. The summed E-state index contributed by atoms with van der Waals surface area (Å²) < 4.78 is 5.75. The van der Waals surface area contributed by atoms with Crippen molar-refractivity contribution in [2.24, 2.45) is 0 Å². The van der Waals surface area contributed by atoms with Gasteiger partial charge in [0, 0.05) is 13.1 Å². The zero-order valence-corrected chi connectivity index (χ0v) is 12.8. The molecule has 0 aliphatic heterocycles. The number of nitrogens with zero attached hydrogens (tertiary/aromatic N) is 1. The highest BCUT2D eigenvalue weighted by atomic mass is 16.5. The second-order valence-electron chi connectivity index (χ2n) is 5.81. The van der Waals surface area contributed by atoms with Crippen LogP contribution in [0.3, 0.4) is 0 Å². The van der Waals surface area contributed by atoms with Crippen LogP contribution in [0, 0.1) is 13.8 Å². The van der Waals surface area contributed by atoms with Crippen LogP contribution in [0.25, 0.3) is 0 Å². The van der Waals surface area contributed by atoms with Crippen LogP contribution in [0.4, 0.5) is 0 Å². The van der Waals surface area contributed by atoms with Gasteiger partial charge in [0.2, 0.25) is 0 Å². The van der Waals surface area contributed by atoms with Crippen LogP contribution >= 0.6 is 0 Å². The van der Waals surface area contributed by atoms with Crippen LogP contribution in [-0.2, 0) is 4.79 Å². The summed E-state index contributed by atoms with van der Waals surface area (Å²) in [6.45, 7) is 4.16. The number of carbonyl (C=O) groups is 1. The lowest BCUT2D eigenvalue weighted by atomic mass is 9.94. The minimum absolute atomic E-state index is 0.0829. The van der Waals surface area contributed by atoms with E-state index in [1.54, 1.807) is 0 Å². The van der Waals surface area contributed by atoms with Crippen molar-refractivity contribution >= 4 is 5.91 Å². The number of para-hydroxylation sites is 1. The van der Waals surface area contributed by atoms with Crippen molar-refractivity contribution in [3.8, 4) is 5.75 Å². The van der Waals surface area contributed by atoms with E-state index in [0.29, 0.717) is 6.04 Å². The summed E-state index contributed by atoms with van der Waals surface area (Å²) in [5.41, 5.74) is 2.16. The maximum absolute atomic E-state index is 12.2. The Morgan fingerprint density at radius 1 is 1.20 bits per heavy atom. The molecule has 0 atom stereocenters. The van der Waals surface area contributed by atoms with Gasteiger partial charge in [0.25, 0.3) is 5.91 Å². The van der Waals surface area contributed by atoms with Gasteiger partial charge in [-0.05, 0) is 37.8 Å². The molecule has 2 rings (SSSR count). The number of hydrogen-bond acceptors (Lipinski definition) is 2. The second-order valence-corrected chi connectivity index (χ2v) is 5.81. The largest absolute Gasteiger partial charge is 0.483 e. The van der Waals surface area contributed by atoms with Gasteiger partial charge in [-0.25, -0.2) is 0 Å². The molecule has 0 saturated heterocycles. The Balaban J connectivity index is 1.91. The quantitative estimate of drug-likeness (QED) is 0.842. The number of amides is 1. The number of hydrogen-bond donors (Lipinski definition) is 0. The van der Waals surface area contributed by atoms with Crippen LogP contribution in [0.2, 0.25) is 0 Å². The molecule has 1 amide bonds. The van der Waals surface area contributed by atoms with E-state index < -0.39 is 0 Å². The summed E-state index contributed by atoms with van der Waals surface area (Å²) in [5, 5.41) is 0. The first-order valence-corrected chi connectivity index (χ1v) is 7.54. The van der Waals surface area contributed by atoms with E-state index in [2.05, 4.69) is 0 Å².